The number of nitrogens with one attached hydrogen (secondary N) is 1. The number of para-hydroxylation sites is 1. The molecule has 0 spiro atoms. The third kappa shape index (κ3) is 4.14. The lowest BCUT2D eigenvalue weighted by Gasteiger charge is -2.32. The minimum Gasteiger partial charge on any atom is -0.497 e. The summed E-state index contributed by atoms with van der Waals surface area (Å²) in [6.45, 7) is 1.18. The molecule has 0 aromatic heterocycles. The van der Waals surface area contributed by atoms with Crippen molar-refractivity contribution in [2.45, 2.75) is 38.6 Å². The van der Waals surface area contributed by atoms with E-state index in [0.29, 0.717) is 6.54 Å². The molecule has 1 aliphatic heterocycles. The largest absolute Gasteiger partial charge is 0.497 e. The molecule has 1 N–H and O–H groups in total. The Morgan fingerprint density at radius 1 is 1.03 bits per heavy atom. The van der Waals surface area contributed by atoms with E-state index >= 15 is 0 Å². The Balaban J connectivity index is 1.43. The zero-order valence-electron chi connectivity index (χ0n) is 16.9. The average molecular weight is 392 g/mol. The van der Waals surface area contributed by atoms with Crippen LogP contribution in [0.15, 0.2) is 48.5 Å². The van der Waals surface area contributed by atoms with Crippen molar-refractivity contribution in [3.8, 4) is 5.75 Å². The smallest absolute Gasteiger partial charge is 0.230 e. The predicted molar refractivity (Wildman–Crippen MR) is 113 cm³/mol. The molecule has 4 rings (SSSR count). The van der Waals surface area contributed by atoms with E-state index in [0.717, 1.165) is 55.6 Å². The Morgan fingerprint density at radius 2 is 1.76 bits per heavy atom. The Morgan fingerprint density at radius 3 is 2.52 bits per heavy atom. The number of hydrogen-bond acceptors (Lipinski definition) is 3. The molecule has 0 bridgehead atoms. The number of methoxy groups -OCH3 is 1. The van der Waals surface area contributed by atoms with Crippen LogP contribution in [0.2, 0.25) is 0 Å². The highest BCUT2D eigenvalue weighted by atomic mass is 16.5. The maximum absolute atomic E-state index is 13.4. The zero-order chi connectivity index (χ0) is 20.2. The van der Waals surface area contributed by atoms with Crippen molar-refractivity contribution in [1.82, 2.24) is 5.32 Å². The average Bonchev–Trinajstić information content (AvgIpc) is 3.21. The monoisotopic (exact) mass is 392 g/mol. The van der Waals surface area contributed by atoms with Gasteiger partial charge in [-0.1, -0.05) is 43.2 Å². The number of carbonyl (C=O) groups is 2. The molecular formula is C24H28N2O3. The normalized spacial score (nSPS) is 20.8. The number of anilines is 1. The molecule has 1 heterocycles. The van der Waals surface area contributed by atoms with Crippen molar-refractivity contribution in [3.05, 3.63) is 59.7 Å². The highest BCUT2D eigenvalue weighted by Crippen LogP contribution is 2.36. The van der Waals surface area contributed by atoms with Gasteiger partial charge < -0.3 is 15.0 Å². The van der Waals surface area contributed by atoms with Crippen LogP contribution in [-0.2, 0) is 22.6 Å². The molecule has 1 saturated carbocycles. The van der Waals surface area contributed by atoms with Crippen molar-refractivity contribution in [2.24, 2.45) is 11.8 Å². The van der Waals surface area contributed by atoms with Gasteiger partial charge in [0.05, 0.1) is 13.0 Å². The van der Waals surface area contributed by atoms with Crippen LogP contribution in [0.4, 0.5) is 5.69 Å². The Hall–Kier alpha value is -2.82. The number of ether oxygens (including phenoxy) is 1. The van der Waals surface area contributed by atoms with Gasteiger partial charge in [0.25, 0.3) is 0 Å². The van der Waals surface area contributed by atoms with Gasteiger partial charge in [0.2, 0.25) is 11.8 Å². The van der Waals surface area contributed by atoms with Gasteiger partial charge in [-0.25, -0.2) is 0 Å². The zero-order valence-corrected chi connectivity index (χ0v) is 16.9. The van der Waals surface area contributed by atoms with E-state index in [-0.39, 0.29) is 23.7 Å². The second kappa shape index (κ2) is 8.68. The SMILES string of the molecule is COc1ccc(CNC(=O)C2CCCCC2C(=O)N2CCc3ccccc32)cc1. The summed E-state index contributed by atoms with van der Waals surface area (Å²) in [6.07, 6.45) is 4.47. The number of rotatable bonds is 5. The van der Waals surface area contributed by atoms with Crippen molar-refractivity contribution < 1.29 is 14.3 Å². The fourth-order valence-electron chi connectivity index (χ4n) is 4.57. The van der Waals surface area contributed by atoms with Crippen LogP contribution in [0.1, 0.15) is 36.8 Å². The summed E-state index contributed by atoms with van der Waals surface area (Å²) in [5, 5.41) is 3.05. The van der Waals surface area contributed by atoms with E-state index in [2.05, 4.69) is 11.4 Å². The number of fused-ring (bicyclic) bond motifs is 1. The van der Waals surface area contributed by atoms with Crippen LogP contribution in [0.25, 0.3) is 0 Å². The first kappa shape index (κ1) is 19.5. The molecule has 2 unspecified atom stereocenters. The summed E-state index contributed by atoms with van der Waals surface area (Å²) in [7, 11) is 1.63. The number of nitrogens with zero attached hydrogens (tertiary/aromatic N) is 1. The summed E-state index contributed by atoms with van der Waals surface area (Å²) in [5.41, 5.74) is 3.25. The lowest BCUT2D eigenvalue weighted by Crippen LogP contribution is -2.45. The minimum atomic E-state index is -0.248. The van der Waals surface area contributed by atoms with Crippen molar-refractivity contribution >= 4 is 17.5 Å². The van der Waals surface area contributed by atoms with E-state index in [9.17, 15) is 9.59 Å². The Bertz CT molecular complexity index is 878. The van der Waals surface area contributed by atoms with Crippen molar-refractivity contribution in [1.29, 1.82) is 0 Å². The van der Waals surface area contributed by atoms with Crippen molar-refractivity contribution in [2.75, 3.05) is 18.6 Å². The van der Waals surface area contributed by atoms with E-state index in [1.165, 1.54) is 5.56 Å². The van der Waals surface area contributed by atoms with Crippen LogP contribution >= 0.6 is 0 Å². The molecule has 0 radical (unpaired) electrons. The predicted octanol–water partition coefficient (Wildman–Crippen LogP) is 3.71. The standard InChI is InChI=1S/C24H28N2O3/c1-29-19-12-10-17(11-13-19)16-25-23(27)20-7-3-4-8-21(20)24(28)26-15-14-18-6-2-5-9-22(18)26/h2,5-6,9-13,20-21H,3-4,7-8,14-16H2,1H3,(H,25,27). The van der Waals surface area contributed by atoms with E-state index in [4.69, 9.17) is 4.74 Å². The molecule has 1 aliphatic carbocycles. The molecule has 2 aromatic carbocycles. The quantitative estimate of drug-likeness (QED) is 0.844. The Labute approximate surface area is 172 Å². The second-order valence-corrected chi connectivity index (χ2v) is 7.93. The first-order valence-corrected chi connectivity index (χ1v) is 10.5. The third-order valence-electron chi connectivity index (χ3n) is 6.20. The lowest BCUT2D eigenvalue weighted by molar-refractivity contribution is -0.135. The molecular weight excluding hydrogens is 364 g/mol. The first-order chi connectivity index (χ1) is 14.2. The van der Waals surface area contributed by atoms with Gasteiger partial charge in [0.1, 0.15) is 5.75 Å². The molecule has 5 nitrogen and oxygen atoms in total. The van der Waals surface area contributed by atoms with Gasteiger partial charge in [-0.2, -0.15) is 0 Å². The second-order valence-electron chi connectivity index (χ2n) is 7.93. The van der Waals surface area contributed by atoms with E-state index in [1.807, 2.05) is 47.4 Å². The molecule has 2 aliphatic rings. The number of carbonyl (C=O) groups excluding carboxylic acids is 2. The van der Waals surface area contributed by atoms with Gasteiger partial charge in [0, 0.05) is 24.7 Å². The number of amides is 2. The molecule has 1 fully saturated rings. The highest BCUT2D eigenvalue weighted by molar-refractivity contribution is 5.99. The van der Waals surface area contributed by atoms with Crippen LogP contribution in [0, 0.1) is 11.8 Å². The van der Waals surface area contributed by atoms with Crippen LogP contribution in [0.3, 0.4) is 0 Å². The van der Waals surface area contributed by atoms with Crippen molar-refractivity contribution in [3.63, 3.8) is 0 Å². The summed E-state index contributed by atoms with van der Waals surface area (Å²) in [4.78, 5) is 28.2. The minimum absolute atomic E-state index is 0.00801. The molecule has 29 heavy (non-hydrogen) atoms. The number of hydrogen-bond donors (Lipinski definition) is 1. The first-order valence-electron chi connectivity index (χ1n) is 10.5. The molecule has 2 aromatic rings. The molecule has 0 saturated heterocycles. The molecule has 152 valence electrons. The van der Waals surface area contributed by atoms with Crippen LogP contribution in [0.5, 0.6) is 5.75 Å². The Kier molecular flexibility index (Phi) is 5.84. The maximum Gasteiger partial charge on any atom is 0.230 e. The van der Waals surface area contributed by atoms with Gasteiger partial charge >= 0.3 is 0 Å². The fraction of sp³-hybridized carbons (Fsp3) is 0.417. The summed E-state index contributed by atoms with van der Waals surface area (Å²) in [5.74, 6) is 0.419. The third-order valence-corrected chi connectivity index (χ3v) is 6.20. The summed E-state index contributed by atoms with van der Waals surface area (Å²) in [6, 6.07) is 15.8. The summed E-state index contributed by atoms with van der Waals surface area (Å²) < 4.78 is 5.17. The van der Waals surface area contributed by atoms with Gasteiger partial charge in [0.15, 0.2) is 0 Å². The van der Waals surface area contributed by atoms with Crippen LogP contribution < -0.4 is 15.0 Å². The van der Waals surface area contributed by atoms with Gasteiger partial charge in [-0.3, -0.25) is 9.59 Å². The maximum atomic E-state index is 13.4. The van der Waals surface area contributed by atoms with Gasteiger partial charge in [-0.05, 0) is 48.6 Å². The topological polar surface area (TPSA) is 58.6 Å². The van der Waals surface area contributed by atoms with Crippen LogP contribution in [-0.4, -0.2) is 25.5 Å². The molecule has 5 heteroatoms. The van der Waals surface area contributed by atoms with Gasteiger partial charge in [-0.15, -0.1) is 0 Å². The fourth-order valence-corrected chi connectivity index (χ4v) is 4.57. The molecule has 2 atom stereocenters. The number of benzene rings is 2. The highest BCUT2D eigenvalue weighted by Gasteiger charge is 2.39. The van der Waals surface area contributed by atoms with E-state index in [1.54, 1.807) is 7.11 Å². The summed E-state index contributed by atoms with van der Waals surface area (Å²) >= 11 is 0. The molecule has 2 amide bonds. The van der Waals surface area contributed by atoms with E-state index < -0.39 is 0 Å². The lowest BCUT2D eigenvalue weighted by atomic mass is 9.77.